The molecule has 0 radical (unpaired) electrons. The molecule has 0 aliphatic heterocycles. The second-order valence-corrected chi connectivity index (χ2v) is 5.67. The Morgan fingerprint density at radius 1 is 1.19 bits per heavy atom. The van der Waals surface area contributed by atoms with Gasteiger partial charge < -0.3 is 10.1 Å². The monoisotopic (exact) mass is 392 g/mol. The van der Waals surface area contributed by atoms with E-state index in [2.05, 4.69) is 9.97 Å². The Balaban J connectivity index is 2.31. The van der Waals surface area contributed by atoms with E-state index in [1.54, 1.807) is 42.5 Å². The Labute approximate surface area is 132 Å². The van der Waals surface area contributed by atoms with Gasteiger partial charge in [0.2, 0.25) is 0 Å². The molecule has 5 nitrogen and oxygen atoms in total. The van der Waals surface area contributed by atoms with Gasteiger partial charge in [-0.2, -0.15) is 0 Å². The first-order valence-corrected chi connectivity index (χ1v) is 7.16. The standard InChI is InChI=1S/C15H9IN2O3/c16-8-5-6-9(11(7-8)15(20)21)13-17-12-4-2-1-3-10(12)14(19)18-13/h1-7H,(H,20,21)(H,17,18,19). The first-order valence-electron chi connectivity index (χ1n) is 6.08. The SMILES string of the molecule is O=C(O)c1cc(I)ccc1-c1nc2ccccc2c(=O)[nH]1. The topological polar surface area (TPSA) is 83.0 Å². The number of rotatable bonds is 2. The van der Waals surface area contributed by atoms with E-state index in [4.69, 9.17) is 0 Å². The van der Waals surface area contributed by atoms with Gasteiger partial charge in [0, 0.05) is 9.13 Å². The fraction of sp³-hybridized carbons (Fsp3) is 0. The van der Waals surface area contributed by atoms with Crippen molar-refractivity contribution in [2.45, 2.75) is 0 Å². The van der Waals surface area contributed by atoms with Crippen molar-refractivity contribution in [2.75, 3.05) is 0 Å². The van der Waals surface area contributed by atoms with Crippen molar-refractivity contribution in [3.8, 4) is 11.4 Å². The summed E-state index contributed by atoms with van der Waals surface area (Å²) in [5, 5.41) is 9.79. The second-order valence-electron chi connectivity index (χ2n) is 4.43. The number of hydrogen-bond donors (Lipinski definition) is 2. The van der Waals surface area contributed by atoms with Crippen molar-refractivity contribution >= 4 is 39.5 Å². The van der Waals surface area contributed by atoms with Gasteiger partial charge >= 0.3 is 5.97 Å². The molecule has 0 bridgehead atoms. The predicted molar refractivity (Wildman–Crippen MR) is 87.5 cm³/mol. The number of nitrogens with one attached hydrogen (secondary N) is 1. The lowest BCUT2D eigenvalue weighted by molar-refractivity contribution is 0.0697. The lowest BCUT2D eigenvalue weighted by atomic mass is 10.1. The molecule has 0 aliphatic carbocycles. The summed E-state index contributed by atoms with van der Waals surface area (Å²) in [5.41, 5.74) is 0.753. The molecule has 0 atom stereocenters. The molecule has 3 rings (SSSR count). The van der Waals surface area contributed by atoms with E-state index in [1.165, 1.54) is 0 Å². The summed E-state index contributed by atoms with van der Waals surface area (Å²) in [7, 11) is 0. The van der Waals surface area contributed by atoms with E-state index in [0.29, 0.717) is 16.5 Å². The largest absolute Gasteiger partial charge is 0.478 e. The molecule has 0 spiro atoms. The zero-order chi connectivity index (χ0) is 15.0. The summed E-state index contributed by atoms with van der Waals surface area (Å²) in [6.07, 6.45) is 0. The molecule has 1 aromatic heterocycles. The summed E-state index contributed by atoms with van der Waals surface area (Å²) in [5.74, 6) is -0.799. The number of aromatic nitrogens is 2. The van der Waals surface area contributed by atoms with Crippen LogP contribution in [-0.2, 0) is 0 Å². The number of halogens is 1. The van der Waals surface area contributed by atoms with E-state index in [9.17, 15) is 14.7 Å². The predicted octanol–water partition coefficient (Wildman–Crippen LogP) is 2.89. The second kappa shape index (κ2) is 5.28. The van der Waals surface area contributed by atoms with Crippen molar-refractivity contribution in [3.05, 3.63) is 62.0 Å². The number of nitrogens with zero attached hydrogens (tertiary/aromatic N) is 1. The number of aromatic carboxylic acids is 1. The van der Waals surface area contributed by atoms with Crippen LogP contribution in [0.3, 0.4) is 0 Å². The maximum atomic E-state index is 12.1. The Morgan fingerprint density at radius 2 is 1.95 bits per heavy atom. The van der Waals surface area contributed by atoms with E-state index < -0.39 is 5.97 Å². The number of carboxylic acids is 1. The number of para-hydroxylation sites is 1. The summed E-state index contributed by atoms with van der Waals surface area (Å²) in [6.45, 7) is 0. The molecule has 21 heavy (non-hydrogen) atoms. The molecule has 0 unspecified atom stereocenters. The van der Waals surface area contributed by atoms with Gasteiger partial charge in [0.05, 0.1) is 16.5 Å². The highest BCUT2D eigenvalue weighted by Gasteiger charge is 2.15. The highest BCUT2D eigenvalue weighted by Crippen LogP contribution is 2.23. The number of carbonyl (C=O) groups is 1. The molecule has 0 saturated carbocycles. The van der Waals surface area contributed by atoms with Crippen molar-refractivity contribution in [1.29, 1.82) is 0 Å². The third kappa shape index (κ3) is 2.54. The molecule has 0 saturated heterocycles. The summed E-state index contributed by atoms with van der Waals surface area (Å²) < 4.78 is 0.803. The molecular formula is C15H9IN2O3. The minimum absolute atomic E-state index is 0.111. The number of benzene rings is 2. The van der Waals surface area contributed by atoms with Gasteiger partial charge in [-0.1, -0.05) is 12.1 Å². The average Bonchev–Trinajstić information content (AvgIpc) is 2.47. The molecule has 3 aromatic rings. The molecule has 0 amide bonds. The highest BCUT2D eigenvalue weighted by molar-refractivity contribution is 14.1. The first-order chi connectivity index (χ1) is 10.1. The van der Waals surface area contributed by atoms with Crippen molar-refractivity contribution in [1.82, 2.24) is 9.97 Å². The van der Waals surface area contributed by atoms with Crippen LogP contribution in [0.25, 0.3) is 22.3 Å². The molecule has 6 heteroatoms. The molecule has 1 heterocycles. The van der Waals surface area contributed by atoms with Gasteiger partial charge in [0.25, 0.3) is 5.56 Å². The molecule has 2 aromatic carbocycles. The molecular weight excluding hydrogens is 383 g/mol. The van der Waals surface area contributed by atoms with E-state index in [-0.39, 0.29) is 16.9 Å². The van der Waals surface area contributed by atoms with Crippen LogP contribution < -0.4 is 5.56 Å². The van der Waals surface area contributed by atoms with Crippen LogP contribution in [0.2, 0.25) is 0 Å². The Kier molecular flexibility index (Phi) is 3.46. The van der Waals surface area contributed by atoms with E-state index >= 15 is 0 Å². The quantitative estimate of drug-likeness (QED) is 0.658. The molecule has 104 valence electrons. The lowest BCUT2D eigenvalue weighted by Crippen LogP contribution is -2.11. The number of carboxylic acid groups (broad SMARTS) is 1. The highest BCUT2D eigenvalue weighted by atomic mass is 127. The van der Waals surface area contributed by atoms with Gasteiger partial charge in [0.15, 0.2) is 0 Å². The van der Waals surface area contributed by atoms with Gasteiger partial charge in [-0.05, 0) is 52.9 Å². The van der Waals surface area contributed by atoms with Crippen LogP contribution in [0.5, 0.6) is 0 Å². The smallest absolute Gasteiger partial charge is 0.336 e. The van der Waals surface area contributed by atoms with Crippen molar-refractivity contribution in [2.24, 2.45) is 0 Å². The van der Waals surface area contributed by atoms with Crippen LogP contribution in [0.1, 0.15) is 10.4 Å². The number of aromatic amines is 1. The first kappa shape index (κ1) is 13.7. The summed E-state index contributed by atoms with van der Waals surface area (Å²) in [6, 6.07) is 11.9. The minimum atomic E-state index is -1.06. The van der Waals surface area contributed by atoms with Gasteiger partial charge in [-0.3, -0.25) is 4.79 Å². The summed E-state index contributed by atoms with van der Waals surface area (Å²) >= 11 is 2.04. The summed E-state index contributed by atoms with van der Waals surface area (Å²) in [4.78, 5) is 30.5. The fourth-order valence-electron chi connectivity index (χ4n) is 2.11. The van der Waals surface area contributed by atoms with E-state index in [0.717, 1.165) is 3.57 Å². The van der Waals surface area contributed by atoms with Gasteiger partial charge in [-0.15, -0.1) is 0 Å². The Bertz CT molecular complexity index is 918. The van der Waals surface area contributed by atoms with Crippen molar-refractivity contribution < 1.29 is 9.90 Å². The normalized spacial score (nSPS) is 10.7. The van der Waals surface area contributed by atoms with Gasteiger partial charge in [0.1, 0.15) is 5.82 Å². The zero-order valence-corrected chi connectivity index (χ0v) is 12.8. The van der Waals surface area contributed by atoms with Gasteiger partial charge in [-0.25, -0.2) is 9.78 Å². The Hall–Kier alpha value is -2.22. The minimum Gasteiger partial charge on any atom is -0.478 e. The average molecular weight is 392 g/mol. The van der Waals surface area contributed by atoms with Crippen LogP contribution in [0.4, 0.5) is 0 Å². The van der Waals surface area contributed by atoms with Crippen molar-refractivity contribution in [3.63, 3.8) is 0 Å². The third-order valence-corrected chi connectivity index (χ3v) is 3.75. The fourth-order valence-corrected chi connectivity index (χ4v) is 2.61. The molecule has 0 aliphatic rings. The van der Waals surface area contributed by atoms with Crippen LogP contribution in [-0.4, -0.2) is 21.0 Å². The zero-order valence-electron chi connectivity index (χ0n) is 10.6. The van der Waals surface area contributed by atoms with E-state index in [1.807, 2.05) is 22.6 Å². The maximum Gasteiger partial charge on any atom is 0.336 e. The Morgan fingerprint density at radius 3 is 2.71 bits per heavy atom. The molecule has 2 N–H and O–H groups in total. The maximum absolute atomic E-state index is 12.1. The van der Waals surface area contributed by atoms with Crippen LogP contribution >= 0.6 is 22.6 Å². The van der Waals surface area contributed by atoms with Crippen LogP contribution in [0, 0.1) is 3.57 Å². The van der Waals surface area contributed by atoms with Crippen LogP contribution in [0.15, 0.2) is 47.3 Å². The third-order valence-electron chi connectivity index (χ3n) is 3.08. The number of H-pyrrole nitrogens is 1. The lowest BCUT2D eigenvalue weighted by Gasteiger charge is -2.07. The number of fused-ring (bicyclic) bond motifs is 1. The molecule has 0 fully saturated rings. The number of hydrogen-bond acceptors (Lipinski definition) is 3.